The number of hydrogen-bond acceptors (Lipinski definition) is 7. The van der Waals surface area contributed by atoms with E-state index in [1.807, 2.05) is 0 Å². The summed E-state index contributed by atoms with van der Waals surface area (Å²) in [6.45, 7) is 1.67. The van der Waals surface area contributed by atoms with Crippen LogP contribution in [-0.2, 0) is 4.79 Å². The molecule has 164 valence electrons. The molecular formula is C23H24FN7O. The number of ketones is 1. The predicted octanol–water partition coefficient (Wildman–Crippen LogP) is 3.49. The van der Waals surface area contributed by atoms with E-state index in [4.69, 9.17) is 4.98 Å². The molecule has 0 radical (unpaired) electrons. The van der Waals surface area contributed by atoms with Gasteiger partial charge in [0.15, 0.2) is 23.1 Å². The second kappa shape index (κ2) is 6.52. The second-order valence-electron chi connectivity index (χ2n) is 10.0. The minimum Gasteiger partial charge on any atom is -0.364 e. The van der Waals surface area contributed by atoms with Gasteiger partial charge in [-0.3, -0.25) is 9.89 Å². The highest BCUT2D eigenvalue weighted by Gasteiger charge is 2.62. The maximum atomic E-state index is 14.8. The third kappa shape index (κ3) is 2.72. The number of rotatable bonds is 5. The molecule has 3 heterocycles. The van der Waals surface area contributed by atoms with Crippen molar-refractivity contribution < 1.29 is 9.18 Å². The monoisotopic (exact) mass is 433 g/mol. The summed E-state index contributed by atoms with van der Waals surface area (Å²) in [5.74, 6) is 2.69. The van der Waals surface area contributed by atoms with Gasteiger partial charge in [0, 0.05) is 17.9 Å². The lowest BCUT2D eigenvalue weighted by molar-refractivity contribution is -0.126. The largest absolute Gasteiger partial charge is 0.364 e. The molecule has 5 aliphatic carbocycles. The molecular weight excluding hydrogens is 409 g/mol. The van der Waals surface area contributed by atoms with Crippen molar-refractivity contribution in [2.45, 2.75) is 51.0 Å². The lowest BCUT2D eigenvalue weighted by Crippen LogP contribution is -2.52. The van der Waals surface area contributed by atoms with Crippen LogP contribution >= 0.6 is 0 Å². The number of nitrogens with one attached hydrogen (secondary N) is 2. The number of carbonyl (C=O) groups excluding carboxylic acids is 1. The van der Waals surface area contributed by atoms with Crippen LogP contribution in [0.3, 0.4) is 0 Å². The second-order valence-corrected chi connectivity index (χ2v) is 10.0. The van der Waals surface area contributed by atoms with Gasteiger partial charge in [-0.05, 0) is 62.7 Å². The van der Waals surface area contributed by atoms with Crippen molar-refractivity contribution in [1.82, 2.24) is 30.1 Å². The van der Waals surface area contributed by atoms with Gasteiger partial charge in [-0.1, -0.05) is 0 Å². The molecule has 5 aliphatic rings. The summed E-state index contributed by atoms with van der Waals surface area (Å²) in [5, 5.41) is 10.5. The molecule has 0 aromatic carbocycles. The van der Waals surface area contributed by atoms with Crippen LogP contribution in [0.25, 0.3) is 22.7 Å². The molecule has 0 amide bonds. The minimum absolute atomic E-state index is 0.0738. The average molecular weight is 433 g/mol. The molecule has 0 unspecified atom stereocenters. The summed E-state index contributed by atoms with van der Waals surface area (Å²) in [6.07, 6.45) is 8.60. The van der Waals surface area contributed by atoms with Gasteiger partial charge in [0.05, 0.1) is 18.1 Å². The third-order valence-electron chi connectivity index (χ3n) is 8.15. The zero-order valence-electron chi connectivity index (χ0n) is 17.8. The molecule has 0 aliphatic heterocycles. The Bertz CT molecular complexity index is 1250. The number of carbonyl (C=O) groups is 1. The Morgan fingerprint density at radius 1 is 1.06 bits per heavy atom. The Kier molecular flexibility index (Phi) is 3.79. The first-order valence-corrected chi connectivity index (χ1v) is 11.6. The molecule has 32 heavy (non-hydrogen) atoms. The minimum atomic E-state index is -0.515. The number of Topliss-reactive ketones (excluding diaryl/α,β-unsaturated/α-hetero) is 1. The Hall–Kier alpha value is -2.97. The third-order valence-corrected chi connectivity index (χ3v) is 8.15. The van der Waals surface area contributed by atoms with E-state index in [0.717, 1.165) is 31.4 Å². The average Bonchev–Trinajstić information content (AvgIpc) is 3.71. The zero-order valence-corrected chi connectivity index (χ0v) is 17.8. The Balaban J connectivity index is 1.25. The Labute approximate surface area is 183 Å². The van der Waals surface area contributed by atoms with Crippen molar-refractivity contribution in [3.8, 4) is 11.5 Å². The van der Waals surface area contributed by atoms with Crippen molar-refractivity contribution >= 4 is 22.8 Å². The van der Waals surface area contributed by atoms with Crippen molar-refractivity contribution in [3.63, 3.8) is 0 Å². The maximum Gasteiger partial charge on any atom is 0.200 e. The highest BCUT2D eigenvalue weighted by molar-refractivity contribution is 5.85. The van der Waals surface area contributed by atoms with Crippen molar-refractivity contribution in [3.05, 3.63) is 23.9 Å². The maximum absolute atomic E-state index is 14.8. The van der Waals surface area contributed by atoms with Crippen molar-refractivity contribution in [1.29, 1.82) is 0 Å². The molecule has 8 nitrogen and oxygen atoms in total. The molecule has 8 rings (SSSR count). The number of aromatic amines is 1. The number of hydrogen-bond donors (Lipinski definition) is 2. The normalized spacial score (nSPS) is 32.7. The number of fused-ring (bicyclic) bond motifs is 3. The molecule has 5 saturated carbocycles. The van der Waals surface area contributed by atoms with E-state index in [0.29, 0.717) is 52.3 Å². The van der Waals surface area contributed by atoms with Gasteiger partial charge in [-0.15, -0.1) is 0 Å². The fourth-order valence-electron chi connectivity index (χ4n) is 6.49. The van der Waals surface area contributed by atoms with Gasteiger partial charge in [0.1, 0.15) is 17.0 Å². The Morgan fingerprint density at radius 2 is 1.88 bits per heavy atom. The van der Waals surface area contributed by atoms with Crippen molar-refractivity contribution in [2.75, 3.05) is 5.32 Å². The summed E-state index contributed by atoms with van der Waals surface area (Å²) < 4.78 is 14.8. The molecule has 3 aromatic rings. The quantitative estimate of drug-likeness (QED) is 0.634. The first-order chi connectivity index (χ1) is 15.6. The standard InChI is InChI=1S/C23H24FN7O/c1-9(32)17-11-4-5-12(14-6-13(11)14)18(17)28-21-15(24)7-25-22(29-21)20-19-23(31-30-20)26-8-16(27-19)10-2-3-10/h7-8,10-14,17-18H,2-6H2,1H3,(H,25,28,29)(H,26,30,31)/t11-,12+,13-,14+,17-,18-/m0/s1. The topological polar surface area (TPSA) is 109 Å². The van der Waals surface area contributed by atoms with Crippen LogP contribution < -0.4 is 5.32 Å². The van der Waals surface area contributed by atoms with Gasteiger partial charge >= 0.3 is 0 Å². The van der Waals surface area contributed by atoms with Crippen LogP contribution in [0.15, 0.2) is 12.4 Å². The summed E-state index contributed by atoms with van der Waals surface area (Å²) in [7, 11) is 0. The molecule has 0 saturated heterocycles. The van der Waals surface area contributed by atoms with E-state index in [1.54, 1.807) is 13.1 Å². The molecule has 2 N–H and O–H groups in total. The van der Waals surface area contributed by atoms with Crippen LogP contribution in [0.4, 0.5) is 10.2 Å². The van der Waals surface area contributed by atoms with Crippen LogP contribution in [0.2, 0.25) is 0 Å². The van der Waals surface area contributed by atoms with Gasteiger partial charge in [0.25, 0.3) is 0 Å². The summed E-state index contributed by atoms with van der Waals surface area (Å²) >= 11 is 0. The number of aromatic nitrogens is 6. The number of anilines is 1. The van der Waals surface area contributed by atoms with Crippen LogP contribution in [0, 0.1) is 35.4 Å². The van der Waals surface area contributed by atoms with E-state index in [-0.39, 0.29) is 23.6 Å². The van der Waals surface area contributed by atoms with Gasteiger partial charge in [-0.25, -0.2) is 24.3 Å². The smallest absolute Gasteiger partial charge is 0.200 e. The highest BCUT2D eigenvalue weighted by Crippen LogP contribution is 2.64. The molecule has 2 bridgehead atoms. The van der Waals surface area contributed by atoms with E-state index in [9.17, 15) is 9.18 Å². The van der Waals surface area contributed by atoms with Gasteiger partial charge in [-0.2, -0.15) is 5.10 Å². The Morgan fingerprint density at radius 3 is 2.69 bits per heavy atom. The zero-order chi connectivity index (χ0) is 21.6. The van der Waals surface area contributed by atoms with E-state index in [2.05, 4.69) is 30.5 Å². The van der Waals surface area contributed by atoms with Crippen LogP contribution in [-0.4, -0.2) is 42.0 Å². The number of nitrogens with zero attached hydrogens (tertiary/aromatic N) is 5. The molecule has 5 fully saturated rings. The highest BCUT2D eigenvalue weighted by atomic mass is 19.1. The van der Waals surface area contributed by atoms with Crippen LogP contribution in [0.1, 0.15) is 50.6 Å². The number of halogens is 1. The predicted molar refractivity (Wildman–Crippen MR) is 114 cm³/mol. The van der Waals surface area contributed by atoms with E-state index < -0.39 is 5.82 Å². The first kappa shape index (κ1) is 18.6. The number of H-pyrrole nitrogens is 1. The van der Waals surface area contributed by atoms with Gasteiger partial charge in [0.2, 0.25) is 0 Å². The molecule has 0 spiro atoms. The lowest BCUT2D eigenvalue weighted by Gasteiger charge is -2.47. The molecule has 9 heteroatoms. The SMILES string of the molecule is CC(=O)[C@H]1[C@H]2CC[C@H]([C@H]3C[C@H]32)[C@@H]1Nc1nc(-c2[nH]nc3ncc(C4CC4)nc23)ncc1F. The van der Waals surface area contributed by atoms with Gasteiger partial charge < -0.3 is 5.32 Å². The molecule has 6 atom stereocenters. The van der Waals surface area contributed by atoms with Crippen molar-refractivity contribution in [2.24, 2.45) is 29.6 Å². The fraction of sp³-hybridized carbons (Fsp3) is 0.565. The summed E-state index contributed by atoms with van der Waals surface area (Å²) in [6, 6.07) is -0.0768. The fourth-order valence-corrected chi connectivity index (χ4v) is 6.49. The van der Waals surface area contributed by atoms with E-state index >= 15 is 0 Å². The first-order valence-electron chi connectivity index (χ1n) is 11.6. The van der Waals surface area contributed by atoms with E-state index in [1.165, 1.54) is 12.6 Å². The summed E-state index contributed by atoms with van der Waals surface area (Å²) in [5.41, 5.74) is 2.58. The molecule has 3 aromatic heterocycles. The summed E-state index contributed by atoms with van der Waals surface area (Å²) in [4.78, 5) is 30.4. The van der Waals surface area contributed by atoms with Crippen LogP contribution in [0.5, 0.6) is 0 Å². The lowest BCUT2D eigenvalue weighted by atomic mass is 9.60.